The molecule has 154 valence electrons. The average Bonchev–Trinajstić information content (AvgIpc) is 3.20. The second kappa shape index (κ2) is 8.78. The van der Waals surface area contributed by atoms with Crippen LogP contribution in [0.15, 0.2) is 36.4 Å². The predicted octanol–water partition coefficient (Wildman–Crippen LogP) is 3.38. The van der Waals surface area contributed by atoms with Gasteiger partial charge in [-0.1, -0.05) is 0 Å². The number of benzene rings is 2. The maximum absolute atomic E-state index is 13.8. The summed E-state index contributed by atoms with van der Waals surface area (Å²) < 4.78 is 37.7. The van der Waals surface area contributed by atoms with E-state index in [0.717, 1.165) is 38.5 Å². The maximum Gasteiger partial charge on any atom is 0.251 e. The zero-order valence-electron chi connectivity index (χ0n) is 16.1. The van der Waals surface area contributed by atoms with E-state index >= 15 is 0 Å². The summed E-state index contributed by atoms with van der Waals surface area (Å²) in [6.45, 7) is 3.28. The molecule has 0 bridgehead atoms. The molecule has 1 amide bonds. The Morgan fingerprint density at radius 1 is 1.07 bits per heavy atom. The molecule has 1 fully saturated rings. The third kappa shape index (κ3) is 4.85. The molecule has 0 unspecified atom stereocenters. The van der Waals surface area contributed by atoms with Crippen LogP contribution in [-0.2, 0) is 6.42 Å². The lowest BCUT2D eigenvalue weighted by Crippen LogP contribution is -2.40. The highest BCUT2D eigenvalue weighted by Crippen LogP contribution is 2.32. The normalized spacial score (nSPS) is 16.8. The molecule has 4 rings (SSSR count). The smallest absolute Gasteiger partial charge is 0.251 e. The molecule has 0 aromatic heterocycles. The van der Waals surface area contributed by atoms with Gasteiger partial charge in [-0.15, -0.1) is 0 Å². The molecule has 2 aliphatic heterocycles. The van der Waals surface area contributed by atoms with Crippen LogP contribution in [0, 0.1) is 17.6 Å². The second-order valence-corrected chi connectivity index (χ2v) is 7.55. The minimum atomic E-state index is -0.392. The van der Waals surface area contributed by atoms with Crippen molar-refractivity contribution in [2.75, 3.05) is 33.0 Å². The Labute approximate surface area is 168 Å². The molecule has 0 saturated carbocycles. The fourth-order valence-electron chi connectivity index (χ4n) is 3.89. The van der Waals surface area contributed by atoms with Gasteiger partial charge in [0.2, 0.25) is 6.79 Å². The van der Waals surface area contributed by atoms with E-state index in [1.807, 2.05) is 0 Å². The van der Waals surface area contributed by atoms with Crippen molar-refractivity contribution >= 4 is 5.91 Å². The van der Waals surface area contributed by atoms with Gasteiger partial charge in [0.05, 0.1) is 0 Å². The van der Waals surface area contributed by atoms with E-state index in [0.29, 0.717) is 41.5 Å². The molecule has 29 heavy (non-hydrogen) atoms. The standard InChI is InChI=1S/C22H24F2N2O3/c23-18-2-3-19(24)17(12-18)11-15-5-8-26(9-6-15)10-7-25-22(27)16-1-4-20-21(13-16)29-14-28-20/h1-4,12-13,15H,5-11,14H2,(H,25,27). The third-order valence-electron chi connectivity index (χ3n) is 5.57. The number of carbonyl (C=O) groups is 1. The van der Waals surface area contributed by atoms with Crippen LogP contribution in [0.1, 0.15) is 28.8 Å². The lowest BCUT2D eigenvalue weighted by Gasteiger charge is -2.32. The largest absolute Gasteiger partial charge is 0.454 e. The number of likely N-dealkylation sites (tertiary alicyclic amines) is 1. The lowest BCUT2D eigenvalue weighted by atomic mass is 9.90. The second-order valence-electron chi connectivity index (χ2n) is 7.55. The Morgan fingerprint density at radius 3 is 2.69 bits per heavy atom. The van der Waals surface area contributed by atoms with Gasteiger partial charge in [0, 0.05) is 18.7 Å². The quantitative estimate of drug-likeness (QED) is 0.805. The topological polar surface area (TPSA) is 50.8 Å². The van der Waals surface area contributed by atoms with Crippen LogP contribution in [0.5, 0.6) is 11.5 Å². The van der Waals surface area contributed by atoms with Crippen LogP contribution in [0.3, 0.4) is 0 Å². The SMILES string of the molecule is O=C(NCCN1CCC(Cc2cc(F)ccc2F)CC1)c1ccc2c(c1)OCO2. The fourth-order valence-corrected chi connectivity index (χ4v) is 3.89. The van der Waals surface area contributed by atoms with Crippen LogP contribution in [0.25, 0.3) is 0 Å². The van der Waals surface area contributed by atoms with Gasteiger partial charge in [0.25, 0.3) is 5.91 Å². The highest BCUT2D eigenvalue weighted by atomic mass is 19.1. The Kier molecular flexibility index (Phi) is 5.94. The monoisotopic (exact) mass is 402 g/mol. The summed E-state index contributed by atoms with van der Waals surface area (Å²) in [5.41, 5.74) is 1.00. The molecule has 7 heteroatoms. The van der Waals surface area contributed by atoms with Crippen molar-refractivity contribution in [3.8, 4) is 11.5 Å². The minimum absolute atomic E-state index is 0.139. The summed E-state index contributed by atoms with van der Waals surface area (Å²) in [6.07, 6.45) is 2.44. The zero-order chi connectivity index (χ0) is 20.2. The van der Waals surface area contributed by atoms with E-state index in [1.54, 1.807) is 18.2 Å². The summed E-state index contributed by atoms with van der Waals surface area (Å²) in [6, 6.07) is 8.80. The van der Waals surface area contributed by atoms with Crippen molar-refractivity contribution in [1.29, 1.82) is 0 Å². The zero-order valence-corrected chi connectivity index (χ0v) is 16.1. The first kappa shape index (κ1) is 19.6. The van der Waals surface area contributed by atoms with E-state index < -0.39 is 5.82 Å². The number of halogens is 2. The molecule has 2 heterocycles. The molecule has 0 atom stereocenters. The molecule has 0 aliphatic carbocycles. The van der Waals surface area contributed by atoms with E-state index in [4.69, 9.17) is 9.47 Å². The van der Waals surface area contributed by atoms with Crippen molar-refractivity contribution < 1.29 is 23.0 Å². The maximum atomic E-state index is 13.8. The predicted molar refractivity (Wildman–Crippen MR) is 104 cm³/mol. The molecular weight excluding hydrogens is 378 g/mol. The average molecular weight is 402 g/mol. The number of piperidine rings is 1. The van der Waals surface area contributed by atoms with Crippen molar-refractivity contribution in [3.05, 3.63) is 59.2 Å². The lowest BCUT2D eigenvalue weighted by molar-refractivity contribution is 0.0943. The summed E-state index contributed by atoms with van der Waals surface area (Å²) in [5.74, 6) is 0.736. The van der Waals surface area contributed by atoms with Gasteiger partial charge >= 0.3 is 0 Å². The van der Waals surface area contributed by atoms with Gasteiger partial charge in [-0.05, 0) is 80.2 Å². The van der Waals surface area contributed by atoms with Gasteiger partial charge < -0.3 is 19.7 Å². The number of nitrogens with zero attached hydrogens (tertiary/aromatic N) is 1. The first-order chi connectivity index (χ1) is 14.1. The minimum Gasteiger partial charge on any atom is -0.454 e. The van der Waals surface area contributed by atoms with Crippen LogP contribution < -0.4 is 14.8 Å². The van der Waals surface area contributed by atoms with Crippen LogP contribution >= 0.6 is 0 Å². The number of nitrogens with one attached hydrogen (secondary N) is 1. The van der Waals surface area contributed by atoms with Gasteiger partial charge in [-0.2, -0.15) is 0 Å². The number of ether oxygens (including phenoxy) is 2. The van der Waals surface area contributed by atoms with Gasteiger partial charge in [-0.3, -0.25) is 4.79 Å². The van der Waals surface area contributed by atoms with Crippen molar-refractivity contribution in [2.24, 2.45) is 5.92 Å². The summed E-state index contributed by atoms with van der Waals surface area (Å²) in [5, 5.41) is 2.93. The van der Waals surface area contributed by atoms with Crippen molar-refractivity contribution in [3.63, 3.8) is 0 Å². The molecule has 5 nitrogen and oxygen atoms in total. The summed E-state index contributed by atoms with van der Waals surface area (Å²) >= 11 is 0. The molecule has 1 saturated heterocycles. The van der Waals surface area contributed by atoms with E-state index in [9.17, 15) is 13.6 Å². The number of carbonyl (C=O) groups excluding carboxylic acids is 1. The highest BCUT2D eigenvalue weighted by Gasteiger charge is 2.21. The molecule has 2 aromatic rings. The molecule has 2 aliphatic rings. The number of rotatable bonds is 6. The van der Waals surface area contributed by atoms with Crippen molar-refractivity contribution in [1.82, 2.24) is 10.2 Å². The first-order valence-electron chi connectivity index (χ1n) is 9.92. The molecule has 1 N–H and O–H groups in total. The van der Waals surface area contributed by atoms with Crippen LogP contribution in [0.2, 0.25) is 0 Å². The van der Waals surface area contributed by atoms with Crippen molar-refractivity contribution in [2.45, 2.75) is 19.3 Å². The van der Waals surface area contributed by atoms with Crippen LogP contribution in [-0.4, -0.2) is 43.8 Å². The number of amides is 1. The summed E-state index contributed by atoms with van der Waals surface area (Å²) in [4.78, 5) is 14.6. The Hall–Kier alpha value is -2.67. The van der Waals surface area contributed by atoms with Gasteiger partial charge in [0.1, 0.15) is 11.6 Å². The number of hydrogen-bond donors (Lipinski definition) is 1. The molecule has 0 radical (unpaired) electrons. The van der Waals surface area contributed by atoms with E-state index in [2.05, 4.69) is 10.2 Å². The van der Waals surface area contributed by atoms with Gasteiger partial charge in [-0.25, -0.2) is 8.78 Å². The molecular formula is C22H24F2N2O3. The molecule has 0 spiro atoms. The first-order valence-corrected chi connectivity index (χ1v) is 9.92. The van der Waals surface area contributed by atoms with E-state index in [-0.39, 0.29) is 18.5 Å². The van der Waals surface area contributed by atoms with Gasteiger partial charge in [0.15, 0.2) is 11.5 Å². The fraction of sp³-hybridized carbons (Fsp3) is 0.409. The Balaban J connectivity index is 1.19. The Morgan fingerprint density at radius 2 is 1.86 bits per heavy atom. The number of hydrogen-bond acceptors (Lipinski definition) is 4. The van der Waals surface area contributed by atoms with E-state index in [1.165, 1.54) is 12.1 Å². The number of fused-ring (bicyclic) bond motifs is 1. The molecule has 2 aromatic carbocycles. The summed E-state index contributed by atoms with van der Waals surface area (Å²) in [7, 11) is 0. The van der Waals surface area contributed by atoms with Crippen LogP contribution in [0.4, 0.5) is 8.78 Å². The highest BCUT2D eigenvalue weighted by molar-refractivity contribution is 5.94. The third-order valence-corrected chi connectivity index (χ3v) is 5.57. The Bertz CT molecular complexity index is 882.